The highest BCUT2D eigenvalue weighted by atomic mass is 16.5. The van der Waals surface area contributed by atoms with Gasteiger partial charge in [-0.3, -0.25) is 4.99 Å². The minimum atomic E-state index is 0.746. The van der Waals surface area contributed by atoms with Gasteiger partial charge in [-0.15, -0.1) is 0 Å². The lowest BCUT2D eigenvalue weighted by Gasteiger charge is -2.21. The molecule has 2 aromatic rings. The number of rotatable bonds is 6. The van der Waals surface area contributed by atoms with E-state index >= 15 is 0 Å². The number of guanidine groups is 1. The summed E-state index contributed by atoms with van der Waals surface area (Å²) in [7, 11) is 0. The molecule has 0 unspecified atom stereocenters. The highest BCUT2D eigenvalue weighted by Crippen LogP contribution is 2.25. The summed E-state index contributed by atoms with van der Waals surface area (Å²) in [4.78, 5) is 4.36. The number of nitrogens with zero attached hydrogens (tertiary/aromatic N) is 1. The first-order chi connectivity index (χ1) is 13.3. The topological polar surface area (TPSA) is 45.7 Å². The van der Waals surface area contributed by atoms with Crippen molar-refractivity contribution in [2.45, 2.75) is 38.5 Å². The van der Waals surface area contributed by atoms with Gasteiger partial charge in [-0.05, 0) is 60.6 Å². The predicted octanol–water partition coefficient (Wildman–Crippen LogP) is 4.61. The van der Waals surface area contributed by atoms with Crippen molar-refractivity contribution >= 4 is 11.6 Å². The molecule has 4 rings (SSSR count). The molecule has 2 aliphatic rings. The Labute approximate surface area is 162 Å². The molecule has 1 aliphatic heterocycles. The molecule has 27 heavy (non-hydrogen) atoms. The van der Waals surface area contributed by atoms with E-state index in [4.69, 9.17) is 4.74 Å². The largest absolute Gasteiger partial charge is 0.493 e. The van der Waals surface area contributed by atoms with Crippen LogP contribution in [0.4, 0.5) is 5.69 Å². The van der Waals surface area contributed by atoms with E-state index in [0.29, 0.717) is 0 Å². The molecule has 0 amide bonds. The van der Waals surface area contributed by atoms with Crippen molar-refractivity contribution in [3.8, 4) is 5.75 Å². The second-order valence-corrected chi connectivity index (χ2v) is 7.61. The lowest BCUT2D eigenvalue weighted by atomic mass is 9.90. The molecule has 142 valence electrons. The summed E-state index contributed by atoms with van der Waals surface area (Å²) in [5, 5.41) is 6.53. The normalized spacial score (nSPS) is 17.3. The maximum absolute atomic E-state index is 6.00. The Hall–Kier alpha value is -2.49. The zero-order chi connectivity index (χ0) is 18.3. The Bertz CT molecular complexity index is 746. The number of hydrogen-bond acceptors (Lipinski definition) is 4. The van der Waals surface area contributed by atoms with Gasteiger partial charge in [-0.2, -0.15) is 0 Å². The van der Waals surface area contributed by atoms with Gasteiger partial charge in [0, 0.05) is 12.2 Å². The molecule has 4 nitrogen and oxygen atoms in total. The molecule has 1 saturated carbocycles. The maximum atomic E-state index is 6.00. The second kappa shape index (κ2) is 8.94. The van der Waals surface area contributed by atoms with E-state index in [2.05, 4.69) is 64.2 Å². The van der Waals surface area contributed by atoms with Crippen LogP contribution in [0, 0.1) is 5.92 Å². The van der Waals surface area contributed by atoms with Crippen molar-refractivity contribution in [2.75, 3.05) is 25.0 Å². The zero-order valence-corrected chi connectivity index (χ0v) is 15.9. The van der Waals surface area contributed by atoms with E-state index < -0.39 is 0 Å². The fourth-order valence-electron chi connectivity index (χ4n) is 3.83. The number of anilines is 1. The molecule has 0 saturated heterocycles. The Kier molecular flexibility index (Phi) is 5.92. The van der Waals surface area contributed by atoms with Gasteiger partial charge in [0.25, 0.3) is 0 Å². The van der Waals surface area contributed by atoms with Crippen molar-refractivity contribution in [1.29, 1.82) is 0 Å². The lowest BCUT2D eigenvalue weighted by Crippen LogP contribution is -2.26. The molecule has 0 spiro atoms. The Morgan fingerprint density at radius 2 is 1.63 bits per heavy atom. The summed E-state index contributed by atoms with van der Waals surface area (Å²) < 4.78 is 6.00. The van der Waals surface area contributed by atoms with Crippen molar-refractivity contribution in [3.05, 3.63) is 59.7 Å². The highest BCUT2D eigenvalue weighted by Gasteiger charge is 2.13. The highest BCUT2D eigenvalue weighted by molar-refractivity contribution is 5.94. The van der Waals surface area contributed by atoms with Crippen LogP contribution in [0.15, 0.2) is 53.5 Å². The predicted molar refractivity (Wildman–Crippen MR) is 112 cm³/mol. The number of nitrogens with one attached hydrogen (secondary N) is 2. The molecule has 2 aromatic carbocycles. The third-order valence-corrected chi connectivity index (χ3v) is 5.43. The third kappa shape index (κ3) is 5.25. The average Bonchev–Trinajstić information content (AvgIpc) is 3.23. The van der Waals surface area contributed by atoms with E-state index in [-0.39, 0.29) is 0 Å². The number of aliphatic imine (C=N–C) groups is 1. The summed E-state index contributed by atoms with van der Waals surface area (Å²) in [6.45, 7) is 2.63. The Morgan fingerprint density at radius 3 is 2.30 bits per heavy atom. The standard InChI is InChI=1S/C23H29N3O/c1-2-4-20(5-3-1)17-27-22-12-8-19(9-13-22)16-18-6-10-21(11-7-18)26-23-24-14-15-25-23/h6-13,20H,1-5,14-17H2,(H2,24,25,26). The van der Waals surface area contributed by atoms with E-state index in [1.165, 1.54) is 43.2 Å². The first-order valence-electron chi connectivity index (χ1n) is 10.2. The molecule has 1 aliphatic carbocycles. The Balaban J connectivity index is 1.27. The minimum absolute atomic E-state index is 0.746. The monoisotopic (exact) mass is 363 g/mol. The van der Waals surface area contributed by atoms with Crippen LogP contribution in [-0.2, 0) is 6.42 Å². The summed E-state index contributed by atoms with van der Waals surface area (Å²) in [5.74, 6) is 2.61. The molecular weight excluding hydrogens is 334 g/mol. The van der Waals surface area contributed by atoms with Crippen LogP contribution in [0.1, 0.15) is 43.2 Å². The average molecular weight is 364 g/mol. The van der Waals surface area contributed by atoms with E-state index in [9.17, 15) is 0 Å². The van der Waals surface area contributed by atoms with Gasteiger partial charge < -0.3 is 15.4 Å². The quantitative estimate of drug-likeness (QED) is 0.788. The number of benzene rings is 2. The fraction of sp³-hybridized carbons (Fsp3) is 0.435. The van der Waals surface area contributed by atoms with Crippen molar-refractivity contribution in [1.82, 2.24) is 5.32 Å². The fourth-order valence-corrected chi connectivity index (χ4v) is 3.83. The maximum Gasteiger partial charge on any atom is 0.195 e. The van der Waals surface area contributed by atoms with E-state index in [0.717, 1.165) is 49.4 Å². The molecule has 0 aromatic heterocycles. The summed E-state index contributed by atoms with van der Waals surface area (Å²) in [6.07, 6.45) is 7.72. The van der Waals surface area contributed by atoms with Gasteiger partial charge in [0.05, 0.1) is 13.2 Å². The molecule has 2 N–H and O–H groups in total. The van der Waals surface area contributed by atoms with Gasteiger partial charge in [-0.1, -0.05) is 43.5 Å². The van der Waals surface area contributed by atoms with Crippen LogP contribution in [0.5, 0.6) is 5.75 Å². The smallest absolute Gasteiger partial charge is 0.195 e. The van der Waals surface area contributed by atoms with Crippen molar-refractivity contribution in [3.63, 3.8) is 0 Å². The van der Waals surface area contributed by atoms with Gasteiger partial charge >= 0.3 is 0 Å². The minimum Gasteiger partial charge on any atom is -0.493 e. The number of hydrogen-bond donors (Lipinski definition) is 2. The van der Waals surface area contributed by atoms with E-state index in [1.54, 1.807) is 0 Å². The van der Waals surface area contributed by atoms with Gasteiger partial charge in [-0.25, -0.2) is 0 Å². The van der Waals surface area contributed by atoms with Crippen LogP contribution < -0.4 is 15.4 Å². The molecule has 1 fully saturated rings. The van der Waals surface area contributed by atoms with Crippen LogP contribution >= 0.6 is 0 Å². The molecule has 4 heteroatoms. The first-order valence-corrected chi connectivity index (χ1v) is 10.2. The molecule has 0 bridgehead atoms. The first kappa shape index (κ1) is 17.9. The van der Waals surface area contributed by atoms with Crippen LogP contribution in [-0.4, -0.2) is 25.7 Å². The van der Waals surface area contributed by atoms with Crippen LogP contribution in [0.2, 0.25) is 0 Å². The molecule has 0 atom stereocenters. The second-order valence-electron chi connectivity index (χ2n) is 7.61. The molecular formula is C23H29N3O. The SMILES string of the molecule is c1cc(NC2=NCCN2)ccc1Cc1ccc(OCC2CCCCC2)cc1. The summed E-state index contributed by atoms with van der Waals surface area (Å²) in [5.41, 5.74) is 3.68. The van der Waals surface area contributed by atoms with Gasteiger partial charge in [0.2, 0.25) is 0 Å². The van der Waals surface area contributed by atoms with Crippen molar-refractivity contribution < 1.29 is 4.74 Å². The zero-order valence-electron chi connectivity index (χ0n) is 15.9. The number of ether oxygens (including phenoxy) is 1. The van der Waals surface area contributed by atoms with Crippen molar-refractivity contribution in [2.24, 2.45) is 10.9 Å². The van der Waals surface area contributed by atoms with E-state index in [1.807, 2.05) is 0 Å². The Morgan fingerprint density at radius 1 is 0.926 bits per heavy atom. The third-order valence-electron chi connectivity index (χ3n) is 5.43. The van der Waals surface area contributed by atoms with Gasteiger partial charge in [0.1, 0.15) is 5.75 Å². The molecule has 1 heterocycles. The van der Waals surface area contributed by atoms with Crippen LogP contribution in [0.3, 0.4) is 0 Å². The lowest BCUT2D eigenvalue weighted by molar-refractivity contribution is 0.209. The molecule has 0 radical (unpaired) electrons. The summed E-state index contributed by atoms with van der Waals surface area (Å²) in [6, 6.07) is 17.1. The van der Waals surface area contributed by atoms with Gasteiger partial charge in [0.15, 0.2) is 5.96 Å². The summed E-state index contributed by atoms with van der Waals surface area (Å²) >= 11 is 0. The van der Waals surface area contributed by atoms with Crippen LogP contribution in [0.25, 0.3) is 0 Å².